The standard InChI is InChI=1S/C17H16N2O3S2/c1-4-22-17(21)12(8-11-6-5-7-23-11)14-18-15(20)13-9(2)10(3)24-16(13)19-14/h5-8H,4H2,1-3H3,(H,18,19,20)/b12-8-. The molecule has 0 saturated heterocycles. The summed E-state index contributed by atoms with van der Waals surface area (Å²) in [6.45, 7) is 5.85. The molecule has 24 heavy (non-hydrogen) atoms. The molecule has 0 saturated carbocycles. The van der Waals surface area contributed by atoms with E-state index in [1.165, 1.54) is 22.7 Å². The lowest BCUT2D eigenvalue weighted by molar-refractivity contribution is -0.136. The van der Waals surface area contributed by atoms with E-state index in [1.54, 1.807) is 13.0 Å². The number of carbonyl (C=O) groups is 1. The fraction of sp³-hybridized carbons (Fsp3) is 0.235. The maximum Gasteiger partial charge on any atom is 0.341 e. The van der Waals surface area contributed by atoms with Crippen LogP contribution in [-0.2, 0) is 9.53 Å². The van der Waals surface area contributed by atoms with E-state index in [4.69, 9.17) is 4.74 Å². The van der Waals surface area contributed by atoms with Crippen LogP contribution in [0.15, 0.2) is 22.3 Å². The zero-order chi connectivity index (χ0) is 17.3. The molecule has 0 aliphatic rings. The van der Waals surface area contributed by atoms with E-state index in [-0.39, 0.29) is 23.6 Å². The third-order valence-electron chi connectivity index (χ3n) is 3.62. The van der Waals surface area contributed by atoms with E-state index in [0.717, 1.165) is 15.3 Å². The lowest BCUT2D eigenvalue weighted by Crippen LogP contribution is -2.15. The number of hydrogen-bond acceptors (Lipinski definition) is 6. The molecule has 0 spiro atoms. The van der Waals surface area contributed by atoms with Crippen LogP contribution in [0.1, 0.15) is 28.1 Å². The van der Waals surface area contributed by atoms with Gasteiger partial charge in [-0.1, -0.05) is 6.07 Å². The van der Waals surface area contributed by atoms with Gasteiger partial charge in [-0.05, 0) is 43.9 Å². The number of H-pyrrole nitrogens is 1. The maximum atomic E-state index is 12.5. The van der Waals surface area contributed by atoms with Gasteiger partial charge in [-0.3, -0.25) is 4.79 Å². The summed E-state index contributed by atoms with van der Waals surface area (Å²) in [6, 6.07) is 3.78. The average Bonchev–Trinajstić information content (AvgIpc) is 3.14. The molecule has 5 nitrogen and oxygen atoms in total. The first kappa shape index (κ1) is 16.6. The van der Waals surface area contributed by atoms with Crippen LogP contribution < -0.4 is 5.56 Å². The van der Waals surface area contributed by atoms with Crippen molar-refractivity contribution in [1.29, 1.82) is 0 Å². The van der Waals surface area contributed by atoms with Crippen molar-refractivity contribution in [2.75, 3.05) is 6.61 Å². The minimum Gasteiger partial charge on any atom is -0.462 e. The highest BCUT2D eigenvalue weighted by Gasteiger charge is 2.19. The van der Waals surface area contributed by atoms with E-state index in [0.29, 0.717) is 10.2 Å². The van der Waals surface area contributed by atoms with Crippen LogP contribution in [0.2, 0.25) is 0 Å². The molecule has 0 radical (unpaired) electrons. The SMILES string of the molecule is CCOC(=O)/C(=C\c1cccs1)c1nc2sc(C)c(C)c2c(=O)[nH]1. The van der Waals surface area contributed by atoms with Crippen molar-refractivity contribution in [2.45, 2.75) is 20.8 Å². The minimum atomic E-state index is -0.501. The molecule has 0 aromatic carbocycles. The van der Waals surface area contributed by atoms with Crippen LogP contribution in [0.25, 0.3) is 21.9 Å². The summed E-state index contributed by atoms with van der Waals surface area (Å²) in [5.74, 6) is -0.265. The maximum absolute atomic E-state index is 12.5. The molecule has 0 aliphatic carbocycles. The minimum absolute atomic E-state index is 0.237. The Kier molecular flexibility index (Phi) is 4.64. The number of thiophene rings is 2. The zero-order valence-electron chi connectivity index (χ0n) is 13.5. The topological polar surface area (TPSA) is 72.0 Å². The summed E-state index contributed by atoms with van der Waals surface area (Å²) >= 11 is 2.94. The van der Waals surface area contributed by atoms with Gasteiger partial charge in [-0.15, -0.1) is 22.7 Å². The van der Waals surface area contributed by atoms with Gasteiger partial charge in [-0.25, -0.2) is 9.78 Å². The fourth-order valence-electron chi connectivity index (χ4n) is 2.33. The predicted molar refractivity (Wildman–Crippen MR) is 98.5 cm³/mol. The Morgan fingerprint density at radius 3 is 2.88 bits per heavy atom. The van der Waals surface area contributed by atoms with Gasteiger partial charge in [0.2, 0.25) is 0 Å². The lowest BCUT2D eigenvalue weighted by atomic mass is 10.2. The largest absolute Gasteiger partial charge is 0.462 e. The van der Waals surface area contributed by atoms with Crippen molar-refractivity contribution in [2.24, 2.45) is 0 Å². The third kappa shape index (κ3) is 3.05. The summed E-state index contributed by atoms with van der Waals surface area (Å²) in [5, 5.41) is 2.50. The summed E-state index contributed by atoms with van der Waals surface area (Å²) < 4.78 is 5.13. The lowest BCUT2D eigenvalue weighted by Gasteiger charge is -2.06. The first-order valence-electron chi connectivity index (χ1n) is 7.44. The number of nitrogens with zero attached hydrogens (tertiary/aromatic N) is 1. The van der Waals surface area contributed by atoms with Gasteiger partial charge in [0.15, 0.2) is 0 Å². The Bertz CT molecular complexity index is 981. The van der Waals surface area contributed by atoms with Gasteiger partial charge in [0.1, 0.15) is 16.2 Å². The highest BCUT2D eigenvalue weighted by molar-refractivity contribution is 7.18. The number of fused-ring (bicyclic) bond motifs is 1. The summed E-state index contributed by atoms with van der Waals surface area (Å²) in [5.41, 5.74) is 0.940. The molecule has 3 heterocycles. The number of aromatic nitrogens is 2. The second kappa shape index (κ2) is 6.70. The van der Waals surface area contributed by atoms with Crippen molar-refractivity contribution in [1.82, 2.24) is 9.97 Å². The molecule has 3 rings (SSSR count). The number of ether oxygens (including phenoxy) is 1. The number of hydrogen-bond donors (Lipinski definition) is 1. The van der Waals surface area contributed by atoms with Gasteiger partial charge in [-0.2, -0.15) is 0 Å². The van der Waals surface area contributed by atoms with E-state index < -0.39 is 5.97 Å². The first-order chi connectivity index (χ1) is 11.5. The highest BCUT2D eigenvalue weighted by Crippen LogP contribution is 2.27. The Hall–Kier alpha value is -2.25. The molecule has 0 amide bonds. The molecule has 124 valence electrons. The summed E-state index contributed by atoms with van der Waals surface area (Å²) in [6.07, 6.45) is 1.69. The zero-order valence-corrected chi connectivity index (χ0v) is 15.1. The molecule has 0 aliphatic heterocycles. The van der Waals surface area contributed by atoms with Crippen molar-refractivity contribution in [3.05, 3.63) is 49.0 Å². The van der Waals surface area contributed by atoms with E-state index >= 15 is 0 Å². The average molecular weight is 360 g/mol. The van der Waals surface area contributed by atoms with E-state index in [9.17, 15) is 9.59 Å². The molecular formula is C17H16N2O3S2. The van der Waals surface area contributed by atoms with Gasteiger partial charge in [0.05, 0.1) is 12.0 Å². The Morgan fingerprint density at radius 1 is 1.42 bits per heavy atom. The number of esters is 1. The molecule has 3 aromatic rings. The second-order valence-corrected chi connectivity index (χ2v) is 7.35. The number of rotatable bonds is 4. The third-order valence-corrected chi connectivity index (χ3v) is 5.54. The predicted octanol–water partition coefficient (Wildman–Crippen LogP) is 3.77. The molecule has 3 aromatic heterocycles. The highest BCUT2D eigenvalue weighted by atomic mass is 32.1. The monoisotopic (exact) mass is 360 g/mol. The van der Waals surface area contributed by atoms with Crippen molar-refractivity contribution in [3.63, 3.8) is 0 Å². The summed E-state index contributed by atoms with van der Waals surface area (Å²) in [4.78, 5) is 34.6. The second-order valence-electron chi connectivity index (χ2n) is 5.17. The molecule has 0 fully saturated rings. The molecule has 7 heteroatoms. The van der Waals surface area contributed by atoms with Gasteiger partial charge in [0.25, 0.3) is 5.56 Å². The smallest absolute Gasteiger partial charge is 0.341 e. The molecule has 1 N–H and O–H groups in total. The van der Waals surface area contributed by atoms with E-state index in [2.05, 4.69) is 9.97 Å². The van der Waals surface area contributed by atoms with Crippen molar-refractivity contribution >= 4 is 50.5 Å². The van der Waals surface area contributed by atoms with Crippen LogP contribution in [0, 0.1) is 13.8 Å². The van der Waals surface area contributed by atoms with Crippen molar-refractivity contribution in [3.8, 4) is 0 Å². The fourth-order valence-corrected chi connectivity index (χ4v) is 4.02. The normalized spacial score (nSPS) is 11.9. The summed E-state index contributed by atoms with van der Waals surface area (Å²) in [7, 11) is 0. The van der Waals surface area contributed by atoms with Crippen LogP contribution in [0.3, 0.4) is 0 Å². The quantitative estimate of drug-likeness (QED) is 0.568. The number of aryl methyl sites for hydroxylation is 2. The Morgan fingerprint density at radius 2 is 2.21 bits per heavy atom. The Balaban J connectivity index is 2.19. The van der Waals surface area contributed by atoms with E-state index in [1.807, 2.05) is 31.4 Å². The van der Waals surface area contributed by atoms with Crippen molar-refractivity contribution < 1.29 is 9.53 Å². The van der Waals surface area contributed by atoms with Gasteiger partial charge >= 0.3 is 5.97 Å². The van der Waals surface area contributed by atoms with Crippen LogP contribution in [0.4, 0.5) is 0 Å². The first-order valence-corrected chi connectivity index (χ1v) is 9.13. The van der Waals surface area contributed by atoms with Crippen LogP contribution >= 0.6 is 22.7 Å². The van der Waals surface area contributed by atoms with Crippen LogP contribution in [0.5, 0.6) is 0 Å². The number of nitrogens with one attached hydrogen (secondary N) is 1. The number of carbonyl (C=O) groups excluding carboxylic acids is 1. The molecular weight excluding hydrogens is 344 g/mol. The van der Waals surface area contributed by atoms with Gasteiger partial charge in [0, 0.05) is 9.75 Å². The van der Waals surface area contributed by atoms with Gasteiger partial charge < -0.3 is 9.72 Å². The Labute approximate surface area is 146 Å². The van der Waals surface area contributed by atoms with Crippen LogP contribution in [-0.4, -0.2) is 22.5 Å². The molecule has 0 bridgehead atoms. The number of aromatic amines is 1. The molecule has 0 atom stereocenters. The molecule has 0 unspecified atom stereocenters.